The summed E-state index contributed by atoms with van der Waals surface area (Å²) in [4.78, 5) is 11.9. The van der Waals surface area contributed by atoms with Gasteiger partial charge in [0.15, 0.2) is 0 Å². The summed E-state index contributed by atoms with van der Waals surface area (Å²) in [7, 11) is 0. The van der Waals surface area contributed by atoms with Crippen LogP contribution in [0.15, 0.2) is 6.07 Å². The molecule has 1 heterocycles. The third-order valence-electron chi connectivity index (χ3n) is 1.40. The predicted molar refractivity (Wildman–Crippen MR) is 40.2 cm³/mol. The van der Waals surface area contributed by atoms with Gasteiger partial charge in [-0.2, -0.15) is 4.39 Å². The highest BCUT2D eigenvalue weighted by Crippen LogP contribution is 2.28. The molecule has 0 aliphatic rings. The minimum atomic E-state index is -3.17. The van der Waals surface area contributed by atoms with Gasteiger partial charge in [-0.3, -0.25) is 0 Å². The van der Waals surface area contributed by atoms with Crippen LogP contribution < -0.4 is 5.73 Å². The first kappa shape index (κ1) is 10.2. The number of nitrogens with two attached hydrogens (primary N) is 1. The fraction of sp³-hybridized carbons (Fsp3) is 0.167. The Hall–Kier alpha value is -1.86. The number of hydrogen-bond acceptors (Lipinski definition) is 4. The van der Waals surface area contributed by atoms with Crippen molar-refractivity contribution in [2.75, 3.05) is 5.73 Å². The number of nitrogens with zero attached hydrogens (tertiary/aromatic N) is 2. The molecule has 1 aromatic heterocycles. The smallest absolute Gasteiger partial charge is 0.363 e. The van der Waals surface area contributed by atoms with Crippen LogP contribution in [0.25, 0.3) is 0 Å². The summed E-state index contributed by atoms with van der Waals surface area (Å²) >= 11 is 0. The third-order valence-corrected chi connectivity index (χ3v) is 1.40. The highest BCUT2D eigenvalue weighted by Gasteiger charge is 2.26. The van der Waals surface area contributed by atoms with Gasteiger partial charge in [0, 0.05) is 6.07 Å². The van der Waals surface area contributed by atoms with Gasteiger partial charge in [-0.15, -0.1) is 0 Å². The number of nitrogen functional groups attached to an aromatic ring is 1. The van der Waals surface area contributed by atoms with Crippen molar-refractivity contribution < 1.29 is 18.1 Å². The summed E-state index contributed by atoms with van der Waals surface area (Å²) in [6.07, 6.45) is -3.17. The van der Waals surface area contributed by atoms with Gasteiger partial charge in [-0.1, -0.05) is 0 Å². The van der Waals surface area contributed by atoms with Crippen LogP contribution in [0.4, 0.5) is 24.8 Å². The molecular weight excluding hydrogens is 203 g/mol. The van der Waals surface area contributed by atoms with Crippen molar-refractivity contribution in [2.24, 2.45) is 0 Å². The average molecular weight is 207 g/mol. The molecule has 1 aromatic rings. The molecular formula is C6H4F3N3O2. The maximum Gasteiger partial charge on any atom is 0.402 e. The number of anilines is 1. The van der Waals surface area contributed by atoms with E-state index in [4.69, 9.17) is 5.73 Å². The molecule has 76 valence electrons. The molecule has 0 radical (unpaired) electrons. The van der Waals surface area contributed by atoms with Crippen LogP contribution in [-0.4, -0.2) is 9.91 Å². The zero-order valence-electron chi connectivity index (χ0n) is 6.58. The summed E-state index contributed by atoms with van der Waals surface area (Å²) in [5, 5.41) is 10.2. The molecule has 2 N–H and O–H groups in total. The van der Waals surface area contributed by atoms with Gasteiger partial charge in [0.25, 0.3) is 6.43 Å². The lowest BCUT2D eigenvalue weighted by atomic mass is 10.2. The Morgan fingerprint density at radius 1 is 1.57 bits per heavy atom. The maximum atomic E-state index is 12.9. The summed E-state index contributed by atoms with van der Waals surface area (Å²) in [5.41, 5.74) is 3.87. The number of hydrogen-bond donors (Lipinski definition) is 1. The van der Waals surface area contributed by atoms with Crippen LogP contribution in [0.5, 0.6) is 0 Å². The van der Waals surface area contributed by atoms with Gasteiger partial charge < -0.3 is 15.8 Å². The lowest BCUT2D eigenvalue weighted by Crippen LogP contribution is -2.04. The molecule has 5 nitrogen and oxygen atoms in total. The number of rotatable bonds is 2. The fourth-order valence-electron chi connectivity index (χ4n) is 0.835. The topological polar surface area (TPSA) is 82.0 Å². The quantitative estimate of drug-likeness (QED) is 0.590. The Labute approximate surface area is 75.5 Å². The lowest BCUT2D eigenvalue weighted by molar-refractivity contribution is -0.392. The average Bonchev–Trinajstić information content (AvgIpc) is 2.07. The first-order valence-corrected chi connectivity index (χ1v) is 3.32. The number of aromatic nitrogens is 1. The molecule has 0 saturated carbocycles. The van der Waals surface area contributed by atoms with Gasteiger partial charge in [-0.05, 0) is 9.91 Å². The molecule has 14 heavy (non-hydrogen) atoms. The predicted octanol–water partition coefficient (Wildman–Crippen LogP) is 1.65. The standard InChI is InChI=1S/C6H4F3N3O2/c7-4-2(5(8)9)1-3(10)11-6(4)12(13)14/h1,5H,(H2,10,11). The molecule has 0 aliphatic carbocycles. The van der Waals surface area contributed by atoms with Crippen molar-refractivity contribution in [3.63, 3.8) is 0 Å². The van der Waals surface area contributed by atoms with Crippen LogP contribution >= 0.6 is 0 Å². The van der Waals surface area contributed by atoms with Gasteiger partial charge >= 0.3 is 5.82 Å². The van der Waals surface area contributed by atoms with Crippen molar-refractivity contribution in [3.8, 4) is 0 Å². The van der Waals surface area contributed by atoms with Crippen molar-refractivity contribution in [2.45, 2.75) is 6.43 Å². The van der Waals surface area contributed by atoms with Crippen molar-refractivity contribution in [1.29, 1.82) is 0 Å². The number of nitro groups is 1. The second kappa shape index (κ2) is 3.48. The van der Waals surface area contributed by atoms with E-state index >= 15 is 0 Å². The molecule has 8 heteroatoms. The van der Waals surface area contributed by atoms with E-state index in [9.17, 15) is 23.3 Å². The summed E-state index contributed by atoms with van der Waals surface area (Å²) in [6.45, 7) is 0. The molecule has 0 unspecified atom stereocenters. The fourth-order valence-corrected chi connectivity index (χ4v) is 0.835. The van der Waals surface area contributed by atoms with E-state index in [1.54, 1.807) is 0 Å². The normalized spacial score (nSPS) is 10.6. The van der Waals surface area contributed by atoms with E-state index < -0.39 is 34.4 Å². The minimum absolute atomic E-state index is 0.520. The molecule has 0 spiro atoms. The Balaban J connectivity index is 3.40. The molecule has 0 amide bonds. The van der Waals surface area contributed by atoms with Gasteiger partial charge in [0.05, 0.1) is 5.56 Å². The summed E-state index contributed by atoms with van der Waals surface area (Å²) in [6, 6.07) is 0.562. The molecule has 0 atom stereocenters. The highest BCUT2D eigenvalue weighted by atomic mass is 19.3. The second-order valence-corrected chi connectivity index (χ2v) is 2.33. The summed E-state index contributed by atoms with van der Waals surface area (Å²) in [5.74, 6) is -3.46. The van der Waals surface area contributed by atoms with Crippen LogP contribution in [0.2, 0.25) is 0 Å². The van der Waals surface area contributed by atoms with Gasteiger partial charge in [0.1, 0.15) is 0 Å². The zero-order valence-corrected chi connectivity index (χ0v) is 6.58. The monoisotopic (exact) mass is 207 g/mol. The van der Waals surface area contributed by atoms with E-state index in [0.29, 0.717) is 6.07 Å². The Morgan fingerprint density at radius 3 is 2.57 bits per heavy atom. The molecule has 0 fully saturated rings. The Morgan fingerprint density at radius 2 is 2.14 bits per heavy atom. The molecule has 0 aromatic carbocycles. The van der Waals surface area contributed by atoms with Gasteiger partial charge in [-0.25, -0.2) is 8.78 Å². The van der Waals surface area contributed by atoms with E-state index in [2.05, 4.69) is 4.98 Å². The number of alkyl halides is 2. The van der Waals surface area contributed by atoms with Crippen LogP contribution in [0, 0.1) is 15.9 Å². The van der Waals surface area contributed by atoms with E-state index in [1.165, 1.54) is 0 Å². The van der Waals surface area contributed by atoms with E-state index in [1.807, 2.05) is 0 Å². The maximum absolute atomic E-state index is 12.9. The number of halogens is 3. The molecule has 0 bridgehead atoms. The lowest BCUT2D eigenvalue weighted by Gasteiger charge is -2.01. The second-order valence-electron chi connectivity index (χ2n) is 2.33. The number of pyridine rings is 1. The van der Waals surface area contributed by atoms with E-state index in [0.717, 1.165) is 0 Å². The van der Waals surface area contributed by atoms with Crippen molar-refractivity contribution in [3.05, 3.63) is 27.6 Å². The SMILES string of the molecule is Nc1cc(C(F)F)c(F)c([N+](=O)[O-])n1. The largest absolute Gasteiger partial charge is 0.402 e. The summed E-state index contributed by atoms with van der Waals surface area (Å²) < 4.78 is 37.1. The minimum Gasteiger partial charge on any atom is -0.363 e. The van der Waals surface area contributed by atoms with Gasteiger partial charge in [0.2, 0.25) is 11.6 Å². The first-order valence-electron chi connectivity index (χ1n) is 3.32. The van der Waals surface area contributed by atoms with Crippen LogP contribution in [0.3, 0.4) is 0 Å². The molecule has 0 saturated heterocycles. The molecule has 0 aliphatic heterocycles. The Kier molecular flexibility index (Phi) is 2.54. The van der Waals surface area contributed by atoms with Crippen molar-refractivity contribution in [1.82, 2.24) is 4.98 Å². The zero-order chi connectivity index (χ0) is 10.9. The highest BCUT2D eigenvalue weighted by molar-refractivity contribution is 5.42. The van der Waals surface area contributed by atoms with Crippen LogP contribution in [-0.2, 0) is 0 Å². The third kappa shape index (κ3) is 1.73. The van der Waals surface area contributed by atoms with E-state index in [-0.39, 0.29) is 0 Å². The first-order chi connectivity index (χ1) is 6.43. The Bertz CT molecular complexity index is 383. The van der Waals surface area contributed by atoms with Crippen molar-refractivity contribution >= 4 is 11.6 Å². The molecule has 1 rings (SSSR count). The van der Waals surface area contributed by atoms with Crippen LogP contribution in [0.1, 0.15) is 12.0 Å².